The maximum absolute atomic E-state index is 12.2. The van der Waals surface area contributed by atoms with Crippen LogP contribution in [-0.4, -0.2) is 31.1 Å². The first kappa shape index (κ1) is 16.9. The number of aryl methyl sites for hydroxylation is 1. The molecule has 0 saturated carbocycles. The van der Waals surface area contributed by atoms with Gasteiger partial charge in [0.1, 0.15) is 0 Å². The maximum atomic E-state index is 12.2. The van der Waals surface area contributed by atoms with Gasteiger partial charge in [0.05, 0.1) is 12.1 Å². The Morgan fingerprint density at radius 2 is 1.85 bits per heavy atom. The Kier molecular flexibility index (Phi) is 7.48. The number of benzene rings is 1. The zero-order chi connectivity index (χ0) is 15.0. The number of nitrogens with one attached hydrogen (secondary N) is 1. The van der Waals surface area contributed by atoms with Gasteiger partial charge in [0.25, 0.3) is 0 Å². The maximum Gasteiger partial charge on any atom is 0.179 e. The average Bonchev–Trinajstić information content (AvgIpc) is 2.45. The van der Waals surface area contributed by atoms with Crippen LogP contribution >= 0.6 is 0 Å². The summed E-state index contributed by atoms with van der Waals surface area (Å²) in [5.41, 5.74) is 2.04. The van der Waals surface area contributed by atoms with E-state index in [-0.39, 0.29) is 17.9 Å². The van der Waals surface area contributed by atoms with E-state index in [1.165, 1.54) is 5.56 Å². The Morgan fingerprint density at radius 3 is 2.40 bits per heavy atom. The largest absolute Gasteiger partial charge is 0.379 e. The van der Waals surface area contributed by atoms with Crippen molar-refractivity contribution in [3.05, 3.63) is 35.4 Å². The minimum Gasteiger partial charge on any atom is -0.379 e. The van der Waals surface area contributed by atoms with Crippen molar-refractivity contribution in [3.8, 4) is 0 Å². The molecule has 1 aromatic rings. The second-order valence-corrected chi connectivity index (χ2v) is 5.36. The van der Waals surface area contributed by atoms with Gasteiger partial charge < -0.3 is 10.1 Å². The summed E-state index contributed by atoms with van der Waals surface area (Å²) in [5.74, 6) is 0.150. The van der Waals surface area contributed by atoms with Crippen molar-refractivity contribution >= 4 is 5.78 Å². The van der Waals surface area contributed by atoms with Crippen LogP contribution in [0.1, 0.15) is 50.0 Å². The highest BCUT2D eigenvalue weighted by Crippen LogP contribution is 2.07. The zero-order valence-electron chi connectivity index (χ0n) is 13.1. The highest BCUT2D eigenvalue weighted by molar-refractivity contribution is 5.99. The van der Waals surface area contributed by atoms with Crippen LogP contribution in [0.3, 0.4) is 0 Å². The van der Waals surface area contributed by atoms with E-state index in [4.69, 9.17) is 4.74 Å². The minimum absolute atomic E-state index is 0.150. The molecule has 0 aliphatic rings. The summed E-state index contributed by atoms with van der Waals surface area (Å²) in [6.45, 7) is 9.61. The molecule has 0 aliphatic heterocycles. The van der Waals surface area contributed by atoms with Crippen LogP contribution in [0.5, 0.6) is 0 Å². The molecule has 0 radical (unpaired) electrons. The molecular formula is C17H27NO2. The summed E-state index contributed by atoms with van der Waals surface area (Å²) in [6.07, 6.45) is 2.19. The monoisotopic (exact) mass is 277 g/mol. The van der Waals surface area contributed by atoms with Crippen molar-refractivity contribution in [2.75, 3.05) is 13.2 Å². The summed E-state index contributed by atoms with van der Waals surface area (Å²) in [6, 6.07) is 7.73. The van der Waals surface area contributed by atoms with Crippen molar-refractivity contribution in [2.45, 2.75) is 52.7 Å². The van der Waals surface area contributed by atoms with Crippen molar-refractivity contribution in [3.63, 3.8) is 0 Å². The van der Waals surface area contributed by atoms with E-state index >= 15 is 0 Å². The van der Waals surface area contributed by atoms with Gasteiger partial charge in [-0.05, 0) is 45.7 Å². The number of Topliss-reactive ketones (excluding diaryl/α,β-unsaturated/α-hetero) is 1. The van der Waals surface area contributed by atoms with Crippen LogP contribution < -0.4 is 5.32 Å². The van der Waals surface area contributed by atoms with Gasteiger partial charge in [-0.15, -0.1) is 0 Å². The highest BCUT2D eigenvalue weighted by atomic mass is 16.5. The highest BCUT2D eigenvalue weighted by Gasteiger charge is 2.13. The summed E-state index contributed by atoms with van der Waals surface area (Å²) in [4.78, 5) is 12.2. The second kappa shape index (κ2) is 8.88. The fourth-order valence-electron chi connectivity index (χ4n) is 1.96. The van der Waals surface area contributed by atoms with Crippen molar-refractivity contribution in [1.82, 2.24) is 5.32 Å². The van der Waals surface area contributed by atoms with E-state index in [1.807, 2.05) is 45.0 Å². The van der Waals surface area contributed by atoms with Crippen LogP contribution in [0.15, 0.2) is 24.3 Å². The fraction of sp³-hybridized carbons (Fsp3) is 0.588. The van der Waals surface area contributed by atoms with Crippen LogP contribution in [0.4, 0.5) is 0 Å². The molecule has 3 heteroatoms. The molecule has 20 heavy (non-hydrogen) atoms. The molecule has 3 nitrogen and oxygen atoms in total. The van der Waals surface area contributed by atoms with Gasteiger partial charge in [-0.1, -0.05) is 31.2 Å². The lowest BCUT2D eigenvalue weighted by Crippen LogP contribution is -2.35. The number of hydrogen-bond acceptors (Lipinski definition) is 3. The zero-order valence-corrected chi connectivity index (χ0v) is 13.1. The van der Waals surface area contributed by atoms with Crippen LogP contribution in [-0.2, 0) is 11.2 Å². The summed E-state index contributed by atoms with van der Waals surface area (Å²) < 4.78 is 5.47. The molecule has 0 amide bonds. The molecule has 0 spiro atoms. The first-order chi connectivity index (χ1) is 9.54. The van der Waals surface area contributed by atoms with E-state index in [9.17, 15) is 4.79 Å². The van der Waals surface area contributed by atoms with E-state index in [0.29, 0.717) is 0 Å². The standard InChI is InChI=1S/C17H27NO2/c1-5-15-7-9-16(10-8-15)17(19)14(4)18-11-6-12-20-13(2)3/h7-10,13-14,18H,5-6,11-12H2,1-4H3. The van der Waals surface area contributed by atoms with Gasteiger partial charge in [0, 0.05) is 12.2 Å². The fourth-order valence-corrected chi connectivity index (χ4v) is 1.96. The molecule has 0 bridgehead atoms. The Labute approximate surface area is 122 Å². The predicted molar refractivity (Wildman–Crippen MR) is 83.3 cm³/mol. The van der Waals surface area contributed by atoms with Crippen molar-refractivity contribution < 1.29 is 9.53 Å². The number of hydrogen-bond donors (Lipinski definition) is 1. The Bertz CT molecular complexity index is 398. The predicted octanol–water partition coefficient (Wildman–Crippen LogP) is 3.22. The number of carbonyl (C=O) groups is 1. The van der Waals surface area contributed by atoms with Gasteiger partial charge in [-0.3, -0.25) is 4.79 Å². The Morgan fingerprint density at radius 1 is 1.20 bits per heavy atom. The van der Waals surface area contributed by atoms with Gasteiger partial charge in [-0.25, -0.2) is 0 Å². The molecule has 0 saturated heterocycles. The van der Waals surface area contributed by atoms with E-state index < -0.39 is 0 Å². The molecular weight excluding hydrogens is 250 g/mol. The molecule has 1 N–H and O–H groups in total. The molecule has 0 heterocycles. The molecule has 1 rings (SSSR count). The number of rotatable bonds is 9. The van der Waals surface area contributed by atoms with E-state index in [2.05, 4.69) is 12.2 Å². The molecule has 0 aromatic heterocycles. The van der Waals surface area contributed by atoms with Crippen molar-refractivity contribution in [2.24, 2.45) is 0 Å². The molecule has 1 aromatic carbocycles. The third-order valence-corrected chi connectivity index (χ3v) is 3.26. The summed E-state index contributed by atoms with van der Waals surface area (Å²) in [7, 11) is 0. The summed E-state index contributed by atoms with van der Waals surface area (Å²) in [5, 5.41) is 3.25. The lowest BCUT2D eigenvalue weighted by Gasteiger charge is -2.13. The first-order valence-electron chi connectivity index (χ1n) is 7.52. The van der Waals surface area contributed by atoms with Crippen LogP contribution in [0.2, 0.25) is 0 Å². The normalized spacial score (nSPS) is 12.7. The van der Waals surface area contributed by atoms with E-state index in [0.717, 1.165) is 31.6 Å². The Balaban J connectivity index is 2.34. The molecule has 1 unspecified atom stereocenters. The average molecular weight is 277 g/mol. The van der Waals surface area contributed by atoms with Gasteiger partial charge in [-0.2, -0.15) is 0 Å². The van der Waals surface area contributed by atoms with Crippen LogP contribution in [0.25, 0.3) is 0 Å². The van der Waals surface area contributed by atoms with Gasteiger partial charge in [0.2, 0.25) is 0 Å². The quantitative estimate of drug-likeness (QED) is 0.556. The lowest BCUT2D eigenvalue weighted by atomic mass is 10.0. The number of ether oxygens (including phenoxy) is 1. The SMILES string of the molecule is CCc1ccc(C(=O)C(C)NCCCOC(C)C)cc1. The van der Waals surface area contributed by atoms with E-state index in [1.54, 1.807) is 0 Å². The Hall–Kier alpha value is -1.19. The third kappa shape index (κ3) is 5.85. The van der Waals surface area contributed by atoms with Gasteiger partial charge >= 0.3 is 0 Å². The summed E-state index contributed by atoms with van der Waals surface area (Å²) >= 11 is 0. The van der Waals surface area contributed by atoms with Gasteiger partial charge in [0.15, 0.2) is 5.78 Å². The lowest BCUT2D eigenvalue weighted by molar-refractivity contribution is 0.0760. The molecule has 112 valence electrons. The molecule has 1 atom stereocenters. The van der Waals surface area contributed by atoms with Crippen molar-refractivity contribution in [1.29, 1.82) is 0 Å². The topological polar surface area (TPSA) is 38.3 Å². The van der Waals surface area contributed by atoms with Crippen LogP contribution in [0, 0.1) is 0 Å². The third-order valence-electron chi connectivity index (χ3n) is 3.26. The number of ketones is 1. The second-order valence-electron chi connectivity index (χ2n) is 5.36. The smallest absolute Gasteiger partial charge is 0.179 e. The molecule has 0 fully saturated rings. The molecule has 0 aliphatic carbocycles. The minimum atomic E-state index is -0.151. The first-order valence-corrected chi connectivity index (χ1v) is 7.52. The number of carbonyl (C=O) groups excluding carboxylic acids is 1.